The minimum absolute atomic E-state index is 0.0592. The molecule has 2 aromatic carbocycles. The van der Waals surface area contributed by atoms with Gasteiger partial charge in [0.15, 0.2) is 11.5 Å². The fraction of sp³-hybridized carbons (Fsp3) is 0.211. The van der Waals surface area contributed by atoms with Gasteiger partial charge < -0.3 is 14.6 Å². The highest BCUT2D eigenvalue weighted by molar-refractivity contribution is 6.30. The Hall–Kier alpha value is -2.66. The SMILES string of the molecule is CC(C)(C)OC(=O)n1ccc2c(Oc3ccc(Cl)cc3O)cccc21. The summed E-state index contributed by atoms with van der Waals surface area (Å²) in [6.07, 6.45) is 1.17. The lowest BCUT2D eigenvalue weighted by Gasteiger charge is -2.19. The van der Waals surface area contributed by atoms with E-state index in [1.165, 1.54) is 10.6 Å². The van der Waals surface area contributed by atoms with E-state index in [4.69, 9.17) is 21.1 Å². The minimum Gasteiger partial charge on any atom is -0.504 e. The molecule has 0 aliphatic heterocycles. The van der Waals surface area contributed by atoms with Gasteiger partial charge >= 0.3 is 6.09 Å². The predicted octanol–water partition coefficient (Wildman–Crippen LogP) is 5.58. The standard InChI is InChI=1S/C19H18ClNO4/c1-19(2,3)25-18(23)21-10-9-13-14(21)5-4-6-16(13)24-17-8-7-12(20)11-15(17)22/h4-11,22H,1-3H3. The predicted molar refractivity (Wildman–Crippen MR) is 96.8 cm³/mol. The van der Waals surface area contributed by atoms with Gasteiger partial charge in [0.25, 0.3) is 0 Å². The van der Waals surface area contributed by atoms with E-state index in [-0.39, 0.29) is 11.5 Å². The minimum atomic E-state index is -0.586. The first-order valence-corrected chi connectivity index (χ1v) is 8.12. The summed E-state index contributed by atoms with van der Waals surface area (Å²) in [5, 5.41) is 11.1. The Balaban J connectivity index is 1.97. The number of phenols is 1. The molecule has 0 fully saturated rings. The van der Waals surface area contributed by atoms with E-state index in [1.54, 1.807) is 42.6 Å². The monoisotopic (exact) mass is 359 g/mol. The summed E-state index contributed by atoms with van der Waals surface area (Å²) >= 11 is 5.84. The number of nitrogens with zero attached hydrogens (tertiary/aromatic N) is 1. The van der Waals surface area contributed by atoms with Gasteiger partial charge in [0.1, 0.15) is 11.4 Å². The molecule has 0 saturated carbocycles. The maximum atomic E-state index is 12.3. The molecule has 0 aliphatic carbocycles. The number of aromatic hydroxyl groups is 1. The largest absolute Gasteiger partial charge is 0.504 e. The van der Waals surface area contributed by atoms with E-state index in [1.807, 2.05) is 20.8 Å². The molecular formula is C19H18ClNO4. The van der Waals surface area contributed by atoms with Gasteiger partial charge in [-0.15, -0.1) is 0 Å². The molecule has 3 rings (SSSR count). The zero-order valence-electron chi connectivity index (χ0n) is 14.1. The van der Waals surface area contributed by atoms with Gasteiger partial charge in [-0.05, 0) is 51.1 Å². The molecule has 0 atom stereocenters. The lowest BCUT2D eigenvalue weighted by Crippen LogP contribution is -2.26. The number of hydrogen-bond donors (Lipinski definition) is 1. The van der Waals surface area contributed by atoms with Crippen molar-refractivity contribution in [1.29, 1.82) is 0 Å². The fourth-order valence-corrected chi connectivity index (χ4v) is 2.56. The third-order valence-corrected chi connectivity index (χ3v) is 3.66. The van der Waals surface area contributed by atoms with Crippen molar-refractivity contribution in [1.82, 2.24) is 4.57 Å². The first kappa shape index (κ1) is 17.2. The van der Waals surface area contributed by atoms with Gasteiger partial charge in [0.05, 0.1) is 5.52 Å². The van der Waals surface area contributed by atoms with Crippen molar-refractivity contribution in [3.05, 3.63) is 53.7 Å². The van der Waals surface area contributed by atoms with Crippen LogP contribution in [-0.4, -0.2) is 21.4 Å². The molecule has 25 heavy (non-hydrogen) atoms. The average molecular weight is 360 g/mol. The topological polar surface area (TPSA) is 60.7 Å². The highest BCUT2D eigenvalue weighted by Crippen LogP contribution is 2.36. The van der Waals surface area contributed by atoms with Gasteiger partial charge in [-0.3, -0.25) is 4.57 Å². The molecule has 5 nitrogen and oxygen atoms in total. The summed E-state index contributed by atoms with van der Waals surface area (Å²) in [6.45, 7) is 5.44. The van der Waals surface area contributed by atoms with Crippen LogP contribution in [0.25, 0.3) is 10.9 Å². The summed E-state index contributed by atoms with van der Waals surface area (Å²) in [5.74, 6) is 0.732. The molecule has 0 radical (unpaired) electrons. The van der Waals surface area contributed by atoms with Crippen molar-refractivity contribution in [3.8, 4) is 17.2 Å². The number of benzene rings is 2. The van der Waals surface area contributed by atoms with Crippen LogP contribution in [0.4, 0.5) is 4.79 Å². The average Bonchev–Trinajstić information content (AvgIpc) is 2.93. The molecule has 0 spiro atoms. The van der Waals surface area contributed by atoms with Crippen LogP contribution in [-0.2, 0) is 4.74 Å². The Morgan fingerprint density at radius 3 is 2.56 bits per heavy atom. The number of fused-ring (bicyclic) bond motifs is 1. The van der Waals surface area contributed by atoms with Crippen molar-refractivity contribution >= 4 is 28.6 Å². The summed E-state index contributed by atoms with van der Waals surface area (Å²) in [5.41, 5.74) is 0.0665. The Morgan fingerprint density at radius 1 is 1.12 bits per heavy atom. The molecule has 3 aromatic rings. The van der Waals surface area contributed by atoms with Crippen LogP contribution in [0.5, 0.6) is 17.2 Å². The molecule has 0 aliphatic rings. The first-order chi connectivity index (χ1) is 11.7. The summed E-state index contributed by atoms with van der Waals surface area (Å²) in [7, 11) is 0. The molecule has 6 heteroatoms. The third-order valence-electron chi connectivity index (χ3n) is 3.42. The van der Waals surface area contributed by atoms with Crippen LogP contribution in [0.3, 0.4) is 0 Å². The lowest BCUT2D eigenvalue weighted by molar-refractivity contribution is 0.0544. The van der Waals surface area contributed by atoms with Gasteiger partial charge in [-0.2, -0.15) is 0 Å². The molecule has 130 valence electrons. The van der Waals surface area contributed by atoms with E-state index >= 15 is 0 Å². The summed E-state index contributed by atoms with van der Waals surface area (Å²) in [4.78, 5) is 12.3. The second-order valence-corrected chi connectivity index (χ2v) is 7.01. The Morgan fingerprint density at radius 2 is 1.88 bits per heavy atom. The highest BCUT2D eigenvalue weighted by atomic mass is 35.5. The normalized spacial score (nSPS) is 11.5. The number of carbonyl (C=O) groups excluding carboxylic acids is 1. The van der Waals surface area contributed by atoms with E-state index in [0.717, 1.165) is 5.39 Å². The van der Waals surface area contributed by atoms with E-state index in [0.29, 0.717) is 16.3 Å². The van der Waals surface area contributed by atoms with E-state index < -0.39 is 11.7 Å². The maximum absolute atomic E-state index is 12.3. The molecule has 1 heterocycles. The molecule has 0 saturated heterocycles. The smallest absolute Gasteiger partial charge is 0.418 e. The van der Waals surface area contributed by atoms with Gasteiger partial charge in [0, 0.05) is 22.7 Å². The van der Waals surface area contributed by atoms with Crippen molar-refractivity contribution in [2.45, 2.75) is 26.4 Å². The van der Waals surface area contributed by atoms with Crippen LogP contribution in [0.15, 0.2) is 48.7 Å². The number of aromatic nitrogens is 1. The molecule has 1 aromatic heterocycles. The van der Waals surface area contributed by atoms with E-state index in [2.05, 4.69) is 0 Å². The van der Waals surface area contributed by atoms with Crippen molar-refractivity contribution in [2.24, 2.45) is 0 Å². The highest BCUT2D eigenvalue weighted by Gasteiger charge is 2.20. The summed E-state index contributed by atoms with van der Waals surface area (Å²) in [6, 6.07) is 11.7. The number of halogens is 1. The van der Waals surface area contributed by atoms with Crippen molar-refractivity contribution < 1.29 is 19.4 Å². The Bertz CT molecular complexity index is 940. The molecule has 0 unspecified atom stereocenters. The van der Waals surface area contributed by atoms with Crippen LogP contribution in [0.1, 0.15) is 20.8 Å². The number of ether oxygens (including phenoxy) is 2. The lowest BCUT2D eigenvalue weighted by atomic mass is 10.2. The van der Waals surface area contributed by atoms with E-state index in [9.17, 15) is 9.90 Å². The molecule has 0 amide bonds. The van der Waals surface area contributed by atoms with Gasteiger partial charge in [-0.25, -0.2) is 4.79 Å². The number of hydrogen-bond acceptors (Lipinski definition) is 4. The quantitative estimate of drug-likeness (QED) is 0.649. The van der Waals surface area contributed by atoms with Crippen LogP contribution in [0, 0.1) is 0 Å². The van der Waals surface area contributed by atoms with Crippen LogP contribution in [0.2, 0.25) is 5.02 Å². The second kappa shape index (κ2) is 6.33. The first-order valence-electron chi connectivity index (χ1n) is 7.74. The second-order valence-electron chi connectivity index (χ2n) is 6.57. The van der Waals surface area contributed by atoms with Crippen LogP contribution < -0.4 is 4.74 Å². The summed E-state index contributed by atoms with van der Waals surface area (Å²) < 4.78 is 12.6. The van der Waals surface area contributed by atoms with Gasteiger partial charge in [0.2, 0.25) is 0 Å². The maximum Gasteiger partial charge on any atom is 0.418 e. The molecule has 1 N–H and O–H groups in total. The fourth-order valence-electron chi connectivity index (χ4n) is 2.39. The number of phenolic OH excluding ortho intramolecular Hbond substituents is 1. The van der Waals surface area contributed by atoms with Crippen molar-refractivity contribution in [3.63, 3.8) is 0 Å². The number of rotatable bonds is 2. The Labute approximate surface area is 150 Å². The molecular weight excluding hydrogens is 342 g/mol. The number of carbonyl (C=O) groups is 1. The van der Waals surface area contributed by atoms with Crippen LogP contribution >= 0.6 is 11.6 Å². The van der Waals surface area contributed by atoms with Crippen molar-refractivity contribution in [2.75, 3.05) is 0 Å². The zero-order valence-corrected chi connectivity index (χ0v) is 14.9. The third kappa shape index (κ3) is 3.72. The van der Waals surface area contributed by atoms with Gasteiger partial charge in [-0.1, -0.05) is 17.7 Å². The zero-order chi connectivity index (χ0) is 18.2. The Kier molecular flexibility index (Phi) is 4.35. The molecule has 0 bridgehead atoms.